The summed E-state index contributed by atoms with van der Waals surface area (Å²) in [6.45, 7) is 1.96. The average Bonchev–Trinajstić information content (AvgIpc) is 3.18. The van der Waals surface area contributed by atoms with E-state index >= 15 is 0 Å². The fourth-order valence-electron chi connectivity index (χ4n) is 3.41. The van der Waals surface area contributed by atoms with E-state index in [-0.39, 0.29) is 23.5 Å². The van der Waals surface area contributed by atoms with Crippen molar-refractivity contribution < 1.29 is 9.18 Å². The van der Waals surface area contributed by atoms with Gasteiger partial charge in [0.25, 0.3) is 0 Å². The average molecular weight is 447 g/mol. The highest BCUT2D eigenvalue weighted by molar-refractivity contribution is 7.99. The highest BCUT2D eigenvalue weighted by Gasteiger charge is 2.16. The van der Waals surface area contributed by atoms with Gasteiger partial charge in [0.05, 0.1) is 17.4 Å². The van der Waals surface area contributed by atoms with Crippen LogP contribution in [0.1, 0.15) is 18.5 Å². The van der Waals surface area contributed by atoms with Gasteiger partial charge >= 0.3 is 0 Å². The molecule has 5 nitrogen and oxygen atoms in total. The van der Waals surface area contributed by atoms with E-state index in [9.17, 15) is 9.18 Å². The Morgan fingerprint density at radius 1 is 0.969 bits per heavy atom. The molecule has 1 amide bonds. The van der Waals surface area contributed by atoms with Crippen LogP contribution in [0.5, 0.6) is 0 Å². The maximum atomic E-state index is 14.1. The molecule has 0 unspecified atom stereocenters. The number of carbonyl (C=O) groups is 1. The lowest BCUT2D eigenvalue weighted by Gasteiger charge is -2.15. The number of carbonyl (C=O) groups excluding carboxylic acids is 1. The van der Waals surface area contributed by atoms with Crippen LogP contribution >= 0.6 is 11.8 Å². The number of benzene rings is 3. The summed E-state index contributed by atoms with van der Waals surface area (Å²) >= 11 is 1.27. The van der Waals surface area contributed by atoms with Crippen molar-refractivity contribution in [3.05, 3.63) is 90.2 Å². The number of rotatable bonds is 7. The summed E-state index contributed by atoms with van der Waals surface area (Å²) in [6, 6.07) is 24.7. The molecule has 0 aliphatic carbocycles. The predicted molar refractivity (Wildman–Crippen MR) is 126 cm³/mol. The zero-order valence-electron chi connectivity index (χ0n) is 17.8. The van der Waals surface area contributed by atoms with Crippen LogP contribution in [0.3, 0.4) is 0 Å². The van der Waals surface area contributed by atoms with Gasteiger partial charge in [0.15, 0.2) is 11.0 Å². The Kier molecular flexibility index (Phi) is 6.66. The molecule has 0 saturated carbocycles. The number of nitrogens with zero attached hydrogens (tertiary/aromatic N) is 3. The Morgan fingerprint density at radius 3 is 2.34 bits per heavy atom. The predicted octanol–water partition coefficient (Wildman–Crippen LogP) is 5.26. The number of aromatic nitrogens is 3. The van der Waals surface area contributed by atoms with E-state index in [0.717, 1.165) is 16.7 Å². The first-order valence-corrected chi connectivity index (χ1v) is 11.2. The summed E-state index contributed by atoms with van der Waals surface area (Å²) in [5.41, 5.74) is 3.71. The number of nitrogens with one attached hydrogen (secondary N) is 1. The largest absolute Gasteiger partial charge is 0.349 e. The molecule has 1 aromatic heterocycles. The van der Waals surface area contributed by atoms with Gasteiger partial charge in [-0.1, -0.05) is 78.5 Å². The Balaban J connectivity index is 1.35. The van der Waals surface area contributed by atoms with E-state index in [1.54, 1.807) is 29.8 Å². The van der Waals surface area contributed by atoms with Crippen molar-refractivity contribution >= 4 is 17.7 Å². The molecule has 0 bridgehead atoms. The van der Waals surface area contributed by atoms with Crippen LogP contribution in [0.15, 0.2) is 84.0 Å². The molecule has 3 aromatic carbocycles. The van der Waals surface area contributed by atoms with Crippen LogP contribution < -0.4 is 5.32 Å². The quantitative estimate of drug-likeness (QED) is 0.394. The van der Waals surface area contributed by atoms with Crippen LogP contribution in [0.2, 0.25) is 0 Å². The molecule has 1 atom stereocenters. The first kappa shape index (κ1) is 21.8. The smallest absolute Gasteiger partial charge is 0.230 e. The van der Waals surface area contributed by atoms with E-state index in [4.69, 9.17) is 0 Å². The summed E-state index contributed by atoms with van der Waals surface area (Å²) in [5, 5.41) is 11.8. The second kappa shape index (κ2) is 9.78. The summed E-state index contributed by atoms with van der Waals surface area (Å²) in [7, 11) is 1.76. The Hall–Kier alpha value is -3.45. The molecule has 4 aromatic rings. The first-order valence-electron chi connectivity index (χ1n) is 10.2. The third-order valence-corrected chi connectivity index (χ3v) is 6.20. The fraction of sp³-hybridized carbons (Fsp3) is 0.160. The number of thioether (sulfide) groups is 1. The highest BCUT2D eigenvalue weighted by Crippen LogP contribution is 2.25. The Bertz CT molecular complexity index is 1210. The molecule has 0 aliphatic rings. The zero-order valence-corrected chi connectivity index (χ0v) is 18.6. The Morgan fingerprint density at radius 2 is 1.62 bits per heavy atom. The third-order valence-electron chi connectivity index (χ3n) is 5.18. The van der Waals surface area contributed by atoms with Gasteiger partial charge in [0.1, 0.15) is 5.82 Å². The Labute approximate surface area is 190 Å². The van der Waals surface area contributed by atoms with Gasteiger partial charge in [-0.2, -0.15) is 0 Å². The topological polar surface area (TPSA) is 59.8 Å². The van der Waals surface area contributed by atoms with Crippen LogP contribution in [0.25, 0.3) is 22.5 Å². The van der Waals surface area contributed by atoms with Crippen molar-refractivity contribution in [2.75, 3.05) is 5.75 Å². The van der Waals surface area contributed by atoms with Crippen LogP contribution in [0.4, 0.5) is 4.39 Å². The van der Waals surface area contributed by atoms with Gasteiger partial charge in [-0.15, -0.1) is 10.2 Å². The maximum Gasteiger partial charge on any atom is 0.230 e. The van der Waals surface area contributed by atoms with Crippen LogP contribution in [-0.2, 0) is 11.8 Å². The number of halogens is 1. The minimum Gasteiger partial charge on any atom is -0.349 e. The van der Waals surface area contributed by atoms with Gasteiger partial charge in [0.2, 0.25) is 5.91 Å². The molecule has 1 heterocycles. The molecule has 32 heavy (non-hydrogen) atoms. The monoisotopic (exact) mass is 446 g/mol. The second-order valence-electron chi connectivity index (χ2n) is 7.41. The summed E-state index contributed by atoms with van der Waals surface area (Å²) in [6.07, 6.45) is 0. The number of hydrogen-bond acceptors (Lipinski definition) is 4. The fourth-order valence-corrected chi connectivity index (χ4v) is 4.13. The maximum absolute atomic E-state index is 14.1. The molecule has 0 saturated heterocycles. The number of hydrogen-bond donors (Lipinski definition) is 1. The van der Waals surface area contributed by atoms with E-state index in [0.29, 0.717) is 16.5 Å². The molecule has 0 fully saturated rings. The SMILES string of the molecule is C[C@H](NC(=O)CSc1nnc(-c2ccccc2F)n1C)c1ccc(-c2ccccc2)cc1. The lowest BCUT2D eigenvalue weighted by molar-refractivity contribution is -0.119. The second-order valence-corrected chi connectivity index (χ2v) is 8.35. The molecule has 1 N–H and O–H groups in total. The number of amides is 1. The minimum atomic E-state index is -0.357. The summed E-state index contributed by atoms with van der Waals surface area (Å²) in [5.74, 6) is 0.155. The van der Waals surface area contributed by atoms with E-state index in [2.05, 4.69) is 39.8 Å². The third kappa shape index (κ3) is 4.89. The van der Waals surface area contributed by atoms with Gasteiger partial charge in [-0.3, -0.25) is 4.79 Å². The highest BCUT2D eigenvalue weighted by atomic mass is 32.2. The van der Waals surface area contributed by atoms with Gasteiger partial charge < -0.3 is 9.88 Å². The molecule has 0 spiro atoms. The minimum absolute atomic E-state index is 0.106. The summed E-state index contributed by atoms with van der Waals surface area (Å²) < 4.78 is 15.7. The van der Waals surface area contributed by atoms with Gasteiger partial charge in [-0.05, 0) is 35.7 Å². The molecule has 0 radical (unpaired) electrons. The van der Waals surface area contributed by atoms with E-state index < -0.39 is 0 Å². The first-order chi connectivity index (χ1) is 15.5. The van der Waals surface area contributed by atoms with Crippen molar-refractivity contribution in [1.29, 1.82) is 0 Å². The standard InChI is InChI=1S/C25H23FN4OS/c1-17(18-12-14-20(15-13-18)19-8-4-3-5-9-19)27-23(31)16-32-25-29-28-24(30(25)2)21-10-6-7-11-22(21)26/h3-15,17H,16H2,1-2H3,(H,27,31)/t17-/m0/s1. The van der Waals surface area contributed by atoms with Crippen molar-refractivity contribution in [1.82, 2.24) is 20.1 Å². The van der Waals surface area contributed by atoms with Gasteiger partial charge in [-0.25, -0.2) is 4.39 Å². The van der Waals surface area contributed by atoms with Crippen molar-refractivity contribution in [2.24, 2.45) is 7.05 Å². The van der Waals surface area contributed by atoms with Crippen molar-refractivity contribution in [3.8, 4) is 22.5 Å². The van der Waals surface area contributed by atoms with E-state index in [1.165, 1.54) is 17.8 Å². The molecule has 7 heteroatoms. The molecule has 4 rings (SSSR count). The van der Waals surface area contributed by atoms with Crippen molar-refractivity contribution in [2.45, 2.75) is 18.1 Å². The molecule has 162 valence electrons. The molecule has 0 aliphatic heterocycles. The lowest BCUT2D eigenvalue weighted by Crippen LogP contribution is -2.28. The van der Waals surface area contributed by atoms with Crippen LogP contribution in [-0.4, -0.2) is 26.4 Å². The van der Waals surface area contributed by atoms with E-state index in [1.807, 2.05) is 37.3 Å². The van der Waals surface area contributed by atoms with Gasteiger partial charge in [0, 0.05) is 7.05 Å². The molecular weight excluding hydrogens is 423 g/mol. The normalized spacial score (nSPS) is 11.8. The van der Waals surface area contributed by atoms with Crippen molar-refractivity contribution in [3.63, 3.8) is 0 Å². The summed E-state index contributed by atoms with van der Waals surface area (Å²) in [4.78, 5) is 12.5. The van der Waals surface area contributed by atoms with Crippen LogP contribution in [0, 0.1) is 5.82 Å². The molecular formula is C25H23FN4OS. The zero-order chi connectivity index (χ0) is 22.5. The lowest BCUT2D eigenvalue weighted by atomic mass is 10.0.